The van der Waals surface area contributed by atoms with Crippen molar-refractivity contribution >= 4 is 5.91 Å². The second-order valence-electron chi connectivity index (χ2n) is 2.96. The quantitative estimate of drug-likeness (QED) is 0.553. The molecule has 0 aromatic heterocycles. The van der Waals surface area contributed by atoms with Gasteiger partial charge in [-0.15, -0.1) is 0 Å². The van der Waals surface area contributed by atoms with Gasteiger partial charge < -0.3 is 16.2 Å². The Morgan fingerprint density at radius 3 is 2.27 bits per heavy atom. The molecule has 1 saturated heterocycles. The van der Waals surface area contributed by atoms with E-state index in [1.807, 2.05) is 0 Å². The van der Waals surface area contributed by atoms with E-state index < -0.39 is 5.41 Å². The summed E-state index contributed by atoms with van der Waals surface area (Å²) in [6.45, 7) is 1.53. The van der Waals surface area contributed by atoms with Crippen LogP contribution in [0.3, 0.4) is 0 Å². The number of amides is 1. The zero-order valence-electron chi connectivity index (χ0n) is 6.51. The summed E-state index contributed by atoms with van der Waals surface area (Å²) in [5.41, 5.74) is 10.2. The van der Waals surface area contributed by atoms with Crippen LogP contribution in [0.2, 0.25) is 0 Å². The van der Waals surface area contributed by atoms with Crippen LogP contribution in [0.5, 0.6) is 0 Å². The van der Waals surface area contributed by atoms with Crippen LogP contribution in [-0.4, -0.2) is 25.7 Å². The fourth-order valence-corrected chi connectivity index (χ4v) is 1.31. The Bertz CT molecular complexity index is 153. The lowest BCUT2D eigenvalue weighted by Gasteiger charge is -2.32. The van der Waals surface area contributed by atoms with Gasteiger partial charge in [-0.2, -0.15) is 0 Å². The molecule has 0 aromatic rings. The molecule has 0 aromatic carbocycles. The number of nitrogens with two attached hydrogens (primary N) is 2. The number of hydrogen-bond acceptors (Lipinski definition) is 3. The average Bonchev–Trinajstić information content (AvgIpc) is 2.05. The normalized spacial score (nSPS) is 23.0. The highest BCUT2D eigenvalue weighted by molar-refractivity contribution is 5.81. The first-order valence-corrected chi connectivity index (χ1v) is 3.79. The maximum atomic E-state index is 11.0. The molecular weight excluding hydrogens is 144 g/mol. The van der Waals surface area contributed by atoms with Gasteiger partial charge in [-0.05, 0) is 12.8 Å². The molecule has 0 radical (unpaired) electrons. The zero-order chi connectivity index (χ0) is 8.32. The van der Waals surface area contributed by atoms with Crippen LogP contribution >= 0.6 is 0 Å². The number of carbonyl (C=O) groups is 1. The van der Waals surface area contributed by atoms with Crippen LogP contribution in [0.15, 0.2) is 0 Å². The van der Waals surface area contributed by atoms with Gasteiger partial charge >= 0.3 is 0 Å². The van der Waals surface area contributed by atoms with Crippen molar-refractivity contribution in [2.24, 2.45) is 16.9 Å². The molecular formula is C7H14N2O2. The molecule has 1 amide bonds. The van der Waals surface area contributed by atoms with Gasteiger partial charge in [0.25, 0.3) is 0 Å². The van der Waals surface area contributed by atoms with Crippen LogP contribution in [-0.2, 0) is 9.53 Å². The Labute approximate surface area is 65.9 Å². The summed E-state index contributed by atoms with van der Waals surface area (Å²) < 4.78 is 5.11. The van der Waals surface area contributed by atoms with Gasteiger partial charge in [-0.1, -0.05) is 0 Å². The third-order valence-electron chi connectivity index (χ3n) is 2.36. The Balaban J connectivity index is 2.64. The molecule has 4 N–H and O–H groups in total. The Hall–Kier alpha value is -0.610. The van der Waals surface area contributed by atoms with Crippen molar-refractivity contribution in [1.29, 1.82) is 0 Å². The first-order valence-electron chi connectivity index (χ1n) is 3.79. The average molecular weight is 158 g/mol. The number of primary amides is 1. The van der Waals surface area contributed by atoms with Crippen molar-refractivity contribution in [2.75, 3.05) is 19.8 Å². The van der Waals surface area contributed by atoms with E-state index in [1.54, 1.807) is 0 Å². The molecule has 1 heterocycles. The predicted octanol–water partition coefficient (Wildman–Crippen LogP) is -0.773. The predicted molar refractivity (Wildman–Crippen MR) is 40.7 cm³/mol. The molecule has 64 valence electrons. The monoisotopic (exact) mass is 158 g/mol. The van der Waals surface area contributed by atoms with Crippen LogP contribution in [0, 0.1) is 5.41 Å². The fraction of sp³-hybridized carbons (Fsp3) is 0.857. The van der Waals surface area contributed by atoms with Crippen molar-refractivity contribution in [3.8, 4) is 0 Å². The highest BCUT2D eigenvalue weighted by Gasteiger charge is 2.36. The summed E-state index contributed by atoms with van der Waals surface area (Å²) >= 11 is 0. The number of rotatable bonds is 2. The summed E-state index contributed by atoms with van der Waals surface area (Å²) in [6, 6.07) is 0. The molecule has 1 fully saturated rings. The lowest BCUT2D eigenvalue weighted by Crippen LogP contribution is -2.46. The minimum absolute atomic E-state index is 0.289. The Morgan fingerprint density at radius 2 is 2.00 bits per heavy atom. The van der Waals surface area contributed by atoms with Gasteiger partial charge in [-0.25, -0.2) is 0 Å². The third-order valence-corrected chi connectivity index (χ3v) is 2.36. The Morgan fingerprint density at radius 1 is 1.45 bits per heavy atom. The van der Waals surface area contributed by atoms with Crippen molar-refractivity contribution in [2.45, 2.75) is 12.8 Å². The second kappa shape index (κ2) is 3.19. The van der Waals surface area contributed by atoms with Crippen molar-refractivity contribution < 1.29 is 9.53 Å². The topological polar surface area (TPSA) is 78.3 Å². The first-order chi connectivity index (χ1) is 5.21. The molecule has 0 saturated carbocycles. The van der Waals surface area contributed by atoms with Crippen molar-refractivity contribution in [3.05, 3.63) is 0 Å². The van der Waals surface area contributed by atoms with Crippen LogP contribution in [0.4, 0.5) is 0 Å². The molecule has 0 spiro atoms. The van der Waals surface area contributed by atoms with Gasteiger partial charge in [-0.3, -0.25) is 4.79 Å². The SMILES string of the molecule is NCC1(C(N)=O)CCOCC1. The Kier molecular flexibility index (Phi) is 2.46. The summed E-state index contributed by atoms with van der Waals surface area (Å²) in [5, 5.41) is 0. The lowest BCUT2D eigenvalue weighted by atomic mass is 9.80. The second-order valence-corrected chi connectivity index (χ2v) is 2.96. The van der Waals surface area contributed by atoms with Crippen LogP contribution < -0.4 is 11.5 Å². The standard InChI is InChI=1S/C7H14N2O2/c8-5-7(6(9)10)1-3-11-4-2-7/h1-5,8H2,(H2,9,10). The minimum Gasteiger partial charge on any atom is -0.381 e. The van der Waals surface area contributed by atoms with Crippen LogP contribution in [0.25, 0.3) is 0 Å². The molecule has 11 heavy (non-hydrogen) atoms. The van der Waals surface area contributed by atoms with E-state index in [9.17, 15) is 4.79 Å². The van der Waals surface area contributed by atoms with Gasteiger partial charge in [0.2, 0.25) is 5.91 Å². The molecule has 0 aliphatic carbocycles. The van der Waals surface area contributed by atoms with E-state index in [1.165, 1.54) is 0 Å². The van der Waals surface area contributed by atoms with E-state index in [2.05, 4.69) is 0 Å². The summed E-state index contributed by atoms with van der Waals surface area (Å²) in [6.07, 6.45) is 1.33. The molecule has 0 bridgehead atoms. The molecule has 1 rings (SSSR count). The van der Waals surface area contributed by atoms with Gasteiger partial charge in [0.05, 0.1) is 5.41 Å². The summed E-state index contributed by atoms with van der Waals surface area (Å²) in [4.78, 5) is 11.0. The highest BCUT2D eigenvalue weighted by Crippen LogP contribution is 2.28. The third kappa shape index (κ3) is 1.52. The summed E-state index contributed by atoms with van der Waals surface area (Å²) in [7, 11) is 0. The number of carbonyl (C=O) groups excluding carboxylic acids is 1. The van der Waals surface area contributed by atoms with Crippen molar-refractivity contribution in [3.63, 3.8) is 0 Å². The highest BCUT2D eigenvalue weighted by atomic mass is 16.5. The molecule has 1 aliphatic heterocycles. The largest absolute Gasteiger partial charge is 0.381 e. The van der Waals surface area contributed by atoms with E-state index in [-0.39, 0.29) is 5.91 Å². The fourth-order valence-electron chi connectivity index (χ4n) is 1.31. The van der Waals surface area contributed by atoms with E-state index >= 15 is 0 Å². The van der Waals surface area contributed by atoms with E-state index in [0.29, 0.717) is 32.6 Å². The number of hydrogen-bond donors (Lipinski definition) is 2. The molecule has 0 unspecified atom stereocenters. The molecule has 4 nitrogen and oxygen atoms in total. The van der Waals surface area contributed by atoms with Gasteiger partial charge in [0, 0.05) is 19.8 Å². The minimum atomic E-state index is -0.488. The maximum absolute atomic E-state index is 11.0. The smallest absolute Gasteiger partial charge is 0.225 e. The number of ether oxygens (including phenoxy) is 1. The maximum Gasteiger partial charge on any atom is 0.225 e. The first kappa shape index (κ1) is 8.49. The van der Waals surface area contributed by atoms with Crippen LogP contribution in [0.1, 0.15) is 12.8 Å². The molecule has 1 aliphatic rings. The zero-order valence-corrected chi connectivity index (χ0v) is 6.51. The van der Waals surface area contributed by atoms with Gasteiger partial charge in [0.1, 0.15) is 0 Å². The van der Waals surface area contributed by atoms with E-state index in [4.69, 9.17) is 16.2 Å². The lowest BCUT2D eigenvalue weighted by molar-refractivity contribution is -0.132. The van der Waals surface area contributed by atoms with E-state index in [0.717, 1.165) is 0 Å². The molecule has 0 atom stereocenters. The summed E-state index contributed by atoms with van der Waals surface area (Å²) in [5.74, 6) is -0.289. The van der Waals surface area contributed by atoms with Crippen molar-refractivity contribution in [1.82, 2.24) is 0 Å². The van der Waals surface area contributed by atoms with Gasteiger partial charge in [0.15, 0.2) is 0 Å². The molecule has 4 heteroatoms.